The topological polar surface area (TPSA) is 12.0 Å². The fourth-order valence-electron chi connectivity index (χ4n) is 1.66. The maximum Gasteiger partial charge on any atom is 0.0373 e. The molecular formula is C11H14BrNS. The molecule has 1 fully saturated rings. The van der Waals surface area contributed by atoms with Gasteiger partial charge in [0.15, 0.2) is 0 Å². The third-order valence-corrected chi connectivity index (χ3v) is 4.13. The maximum atomic E-state index is 3.59. The molecular weight excluding hydrogens is 258 g/mol. The lowest BCUT2D eigenvalue weighted by Gasteiger charge is -2.15. The van der Waals surface area contributed by atoms with Crippen molar-refractivity contribution in [2.75, 3.05) is 16.8 Å². The van der Waals surface area contributed by atoms with E-state index in [1.807, 2.05) is 11.8 Å². The number of hydrogen-bond donors (Lipinski definition) is 1. The highest BCUT2D eigenvalue weighted by Crippen LogP contribution is 2.25. The van der Waals surface area contributed by atoms with Crippen LogP contribution in [0.2, 0.25) is 0 Å². The van der Waals surface area contributed by atoms with Gasteiger partial charge >= 0.3 is 0 Å². The maximum absolute atomic E-state index is 3.59. The highest BCUT2D eigenvalue weighted by atomic mass is 79.9. The molecule has 0 amide bonds. The Kier molecular flexibility index (Phi) is 3.39. The van der Waals surface area contributed by atoms with Gasteiger partial charge in [0.2, 0.25) is 0 Å². The zero-order chi connectivity index (χ0) is 9.97. The first-order chi connectivity index (χ1) is 6.75. The number of benzene rings is 1. The lowest BCUT2D eigenvalue weighted by molar-refractivity contribution is 0.812. The average molecular weight is 272 g/mol. The number of thioether (sulfide) groups is 1. The molecule has 0 aromatic heterocycles. The third kappa shape index (κ3) is 2.45. The number of rotatable bonds is 2. The Bertz CT molecular complexity index is 321. The fourth-order valence-corrected chi connectivity index (χ4v) is 3.29. The fraction of sp³-hybridized carbons (Fsp3) is 0.455. The first kappa shape index (κ1) is 10.4. The zero-order valence-electron chi connectivity index (χ0n) is 8.22. The number of anilines is 1. The first-order valence-corrected chi connectivity index (χ1v) is 6.81. The van der Waals surface area contributed by atoms with Crippen LogP contribution >= 0.6 is 27.7 Å². The van der Waals surface area contributed by atoms with E-state index < -0.39 is 0 Å². The molecule has 1 N–H and O–H groups in total. The molecule has 0 aliphatic carbocycles. The summed E-state index contributed by atoms with van der Waals surface area (Å²) in [5.74, 6) is 2.54. The predicted molar refractivity (Wildman–Crippen MR) is 68.2 cm³/mol. The number of aryl methyl sites for hydroxylation is 1. The smallest absolute Gasteiger partial charge is 0.0373 e. The van der Waals surface area contributed by atoms with Crippen molar-refractivity contribution in [1.29, 1.82) is 0 Å². The van der Waals surface area contributed by atoms with Gasteiger partial charge in [-0.2, -0.15) is 11.8 Å². The Morgan fingerprint density at radius 1 is 1.50 bits per heavy atom. The van der Waals surface area contributed by atoms with E-state index in [1.165, 1.54) is 29.2 Å². The molecule has 14 heavy (non-hydrogen) atoms. The van der Waals surface area contributed by atoms with Gasteiger partial charge in [-0.3, -0.25) is 0 Å². The minimum absolute atomic E-state index is 0.667. The Morgan fingerprint density at radius 3 is 3.00 bits per heavy atom. The molecule has 2 rings (SSSR count). The quantitative estimate of drug-likeness (QED) is 0.881. The zero-order valence-corrected chi connectivity index (χ0v) is 10.6. The minimum atomic E-state index is 0.667. The Labute approximate surface area is 97.8 Å². The van der Waals surface area contributed by atoms with Crippen LogP contribution in [0.3, 0.4) is 0 Å². The van der Waals surface area contributed by atoms with E-state index in [1.54, 1.807) is 0 Å². The van der Waals surface area contributed by atoms with Gasteiger partial charge in [0.05, 0.1) is 0 Å². The van der Waals surface area contributed by atoms with Crippen molar-refractivity contribution in [3.05, 3.63) is 28.2 Å². The summed E-state index contributed by atoms with van der Waals surface area (Å²) < 4.78 is 1.15. The summed E-state index contributed by atoms with van der Waals surface area (Å²) in [5.41, 5.74) is 2.59. The van der Waals surface area contributed by atoms with E-state index in [4.69, 9.17) is 0 Å². The normalized spacial score (nSPS) is 21.1. The van der Waals surface area contributed by atoms with Crippen LogP contribution < -0.4 is 5.32 Å². The van der Waals surface area contributed by atoms with Crippen molar-refractivity contribution in [2.45, 2.75) is 19.4 Å². The van der Waals surface area contributed by atoms with E-state index in [0.717, 1.165) is 4.47 Å². The summed E-state index contributed by atoms with van der Waals surface area (Å²) in [6.07, 6.45) is 1.29. The second kappa shape index (κ2) is 4.58. The van der Waals surface area contributed by atoms with E-state index in [2.05, 4.69) is 46.4 Å². The summed E-state index contributed by atoms with van der Waals surface area (Å²) in [6, 6.07) is 7.07. The summed E-state index contributed by atoms with van der Waals surface area (Å²) in [6.45, 7) is 2.15. The molecule has 0 saturated carbocycles. The number of halogens is 1. The Balaban J connectivity index is 2.08. The SMILES string of the molecule is Cc1cc(Br)ccc1NC1CCSC1. The van der Waals surface area contributed by atoms with E-state index in [-0.39, 0.29) is 0 Å². The standard InChI is InChI=1S/C11H14BrNS/c1-8-6-9(12)2-3-11(8)13-10-4-5-14-7-10/h2-3,6,10,13H,4-5,7H2,1H3. The van der Waals surface area contributed by atoms with Crippen molar-refractivity contribution >= 4 is 33.4 Å². The average Bonchev–Trinajstić information content (AvgIpc) is 2.62. The molecule has 1 aromatic carbocycles. The van der Waals surface area contributed by atoms with Crippen LogP contribution in [0.5, 0.6) is 0 Å². The van der Waals surface area contributed by atoms with Crippen LogP contribution in [0.25, 0.3) is 0 Å². The van der Waals surface area contributed by atoms with Crippen molar-refractivity contribution in [2.24, 2.45) is 0 Å². The van der Waals surface area contributed by atoms with E-state index >= 15 is 0 Å². The van der Waals surface area contributed by atoms with Crippen LogP contribution in [0, 0.1) is 6.92 Å². The van der Waals surface area contributed by atoms with E-state index in [0.29, 0.717) is 6.04 Å². The van der Waals surface area contributed by atoms with Gasteiger partial charge in [0.25, 0.3) is 0 Å². The molecule has 1 unspecified atom stereocenters. The largest absolute Gasteiger partial charge is 0.381 e. The Hall–Kier alpha value is -0.150. The molecule has 1 heterocycles. The predicted octanol–water partition coefficient (Wildman–Crippen LogP) is 3.67. The van der Waals surface area contributed by atoms with Crippen molar-refractivity contribution in [3.63, 3.8) is 0 Å². The highest BCUT2D eigenvalue weighted by molar-refractivity contribution is 9.10. The summed E-state index contributed by atoms with van der Waals surface area (Å²) in [4.78, 5) is 0. The molecule has 1 aliphatic heterocycles. The third-order valence-electron chi connectivity index (χ3n) is 2.48. The number of nitrogens with one attached hydrogen (secondary N) is 1. The van der Waals surface area contributed by atoms with Gasteiger partial charge in [-0.25, -0.2) is 0 Å². The van der Waals surface area contributed by atoms with Crippen LogP contribution in [0.1, 0.15) is 12.0 Å². The van der Waals surface area contributed by atoms with E-state index in [9.17, 15) is 0 Å². The summed E-state index contributed by atoms with van der Waals surface area (Å²) in [5, 5.41) is 3.59. The first-order valence-electron chi connectivity index (χ1n) is 4.86. The summed E-state index contributed by atoms with van der Waals surface area (Å²) in [7, 11) is 0. The number of hydrogen-bond acceptors (Lipinski definition) is 2. The van der Waals surface area contributed by atoms with Crippen LogP contribution in [-0.2, 0) is 0 Å². The minimum Gasteiger partial charge on any atom is -0.381 e. The van der Waals surface area contributed by atoms with Gasteiger partial charge in [0, 0.05) is 22.0 Å². The monoisotopic (exact) mass is 271 g/mol. The molecule has 0 radical (unpaired) electrons. The molecule has 1 aliphatic rings. The van der Waals surface area contributed by atoms with Crippen molar-refractivity contribution in [1.82, 2.24) is 0 Å². The van der Waals surface area contributed by atoms with Gasteiger partial charge < -0.3 is 5.32 Å². The molecule has 3 heteroatoms. The highest BCUT2D eigenvalue weighted by Gasteiger charge is 2.15. The molecule has 1 nitrogen and oxygen atoms in total. The Morgan fingerprint density at radius 2 is 2.36 bits per heavy atom. The van der Waals surface area contributed by atoms with Gasteiger partial charge in [-0.15, -0.1) is 0 Å². The molecule has 0 spiro atoms. The van der Waals surface area contributed by atoms with Gasteiger partial charge in [-0.05, 0) is 42.9 Å². The van der Waals surface area contributed by atoms with Crippen molar-refractivity contribution < 1.29 is 0 Å². The van der Waals surface area contributed by atoms with Crippen LogP contribution in [0.15, 0.2) is 22.7 Å². The second-order valence-corrected chi connectivity index (χ2v) is 5.73. The molecule has 0 bridgehead atoms. The second-order valence-electron chi connectivity index (χ2n) is 3.66. The molecule has 1 aromatic rings. The van der Waals surface area contributed by atoms with Crippen LogP contribution in [-0.4, -0.2) is 17.5 Å². The molecule has 76 valence electrons. The molecule has 1 atom stereocenters. The van der Waals surface area contributed by atoms with Gasteiger partial charge in [0.1, 0.15) is 0 Å². The summed E-state index contributed by atoms with van der Waals surface area (Å²) >= 11 is 5.52. The molecule has 1 saturated heterocycles. The lowest BCUT2D eigenvalue weighted by Crippen LogP contribution is -2.18. The van der Waals surface area contributed by atoms with Crippen LogP contribution in [0.4, 0.5) is 5.69 Å². The van der Waals surface area contributed by atoms with Gasteiger partial charge in [-0.1, -0.05) is 15.9 Å². The lowest BCUT2D eigenvalue weighted by atomic mass is 10.1. The van der Waals surface area contributed by atoms with Crippen molar-refractivity contribution in [3.8, 4) is 0 Å².